The lowest BCUT2D eigenvalue weighted by molar-refractivity contribution is 0.0746. The van der Waals surface area contributed by atoms with Gasteiger partial charge >= 0.3 is 0 Å². The molecule has 1 aliphatic rings. The average molecular weight is 604 g/mol. The smallest absolute Gasteiger partial charge is 0.293 e. The molecule has 198 valence electrons. The molecule has 0 spiro atoms. The number of amides is 2. The molecule has 0 aliphatic carbocycles. The van der Waals surface area contributed by atoms with Crippen LogP contribution in [0.15, 0.2) is 93.8 Å². The molecular weight excluding hydrogens is 576 g/mol. The highest BCUT2D eigenvalue weighted by atomic mass is 79.9. The summed E-state index contributed by atoms with van der Waals surface area (Å²) < 4.78 is 6.68. The van der Waals surface area contributed by atoms with E-state index in [1.54, 1.807) is 12.1 Å². The van der Waals surface area contributed by atoms with Crippen LogP contribution in [0.3, 0.4) is 0 Å². The fourth-order valence-electron chi connectivity index (χ4n) is 4.46. The highest BCUT2D eigenvalue weighted by Gasteiger charge is 2.23. The monoisotopic (exact) mass is 602 g/mol. The lowest BCUT2D eigenvalue weighted by atomic mass is 10.1. The maximum atomic E-state index is 12.9. The van der Waals surface area contributed by atoms with E-state index in [1.165, 1.54) is 0 Å². The summed E-state index contributed by atoms with van der Waals surface area (Å²) in [6.07, 6.45) is 0. The van der Waals surface area contributed by atoms with Crippen LogP contribution in [0, 0.1) is 6.92 Å². The Hall–Kier alpha value is -3.95. The van der Waals surface area contributed by atoms with E-state index in [0.29, 0.717) is 18.8 Å². The average Bonchev–Trinajstić information content (AvgIpc) is 3.45. The van der Waals surface area contributed by atoms with Crippen LogP contribution in [-0.4, -0.2) is 48.0 Å². The normalized spacial score (nSPS) is 13.2. The molecule has 1 aromatic heterocycles. The van der Waals surface area contributed by atoms with Gasteiger partial charge in [-0.3, -0.25) is 14.9 Å². The zero-order chi connectivity index (χ0) is 27.4. The largest absolute Gasteiger partial charge is 0.451 e. The maximum absolute atomic E-state index is 12.9. The lowest BCUT2D eigenvalue weighted by Crippen LogP contribution is -2.48. The predicted octanol–water partition coefficient (Wildman–Crippen LogP) is 6.11. The van der Waals surface area contributed by atoms with Crippen LogP contribution in [0.5, 0.6) is 0 Å². The van der Waals surface area contributed by atoms with Gasteiger partial charge in [0.05, 0.1) is 0 Å². The highest BCUT2D eigenvalue weighted by molar-refractivity contribution is 9.10. The first-order valence-corrected chi connectivity index (χ1v) is 13.8. The van der Waals surface area contributed by atoms with Crippen molar-refractivity contribution in [1.29, 1.82) is 0 Å². The van der Waals surface area contributed by atoms with Gasteiger partial charge in [0, 0.05) is 53.2 Å². The number of hydrogen-bond donors (Lipinski definition) is 2. The molecule has 0 atom stereocenters. The number of carbonyl (C=O) groups is 2. The summed E-state index contributed by atoms with van der Waals surface area (Å²) in [7, 11) is 0. The van der Waals surface area contributed by atoms with Gasteiger partial charge in [-0.05, 0) is 79.3 Å². The summed E-state index contributed by atoms with van der Waals surface area (Å²) in [5.74, 6) is 0.433. The van der Waals surface area contributed by atoms with E-state index in [9.17, 15) is 9.59 Å². The number of piperazine rings is 1. The quantitative estimate of drug-likeness (QED) is 0.268. The molecule has 2 amide bonds. The molecule has 39 heavy (non-hydrogen) atoms. The second kappa shape index (κ2) is 11.8. The van der Waals surface area contributed by atoms with E-state index in [4.69, 9.17) is 16.6 Å². The standard InChI is InChI=1S/C30H27BrN4O3S/c1-20-4-2-3-5-25(20)29(37)35-18-16-34(17-19-35)24-12-10-23(11-13-24)32-30(39)33-28(36)27-15-14-26(38-27)21-6-8-22(31)9-7-21/h2-15H,16-19H2,1H3,(H2,32,33,36,39). The number of rotatable bonds is 5. The number of furan rings is 1. The van der Waals surface area contributed by atoms with Gasteiger partial charge in [0.25, 0.3) is 11.8 Å². The second-order valence-corrected chi connectivity index (χ2v) is 10.5. The van der Waals surface area contributed by atoms with Crippen molar-refractivity contribution >= 4 is 56.4 Å². The molecule has 3 aromatic carbocycles. The Morgan fingerprint density at radius 3 is 2.26 bits per heavy atom. The number of hydrogen-bond acceptors (Lipinski definition) is 5. The minimum absolute atomic E-state index is 0.0851. The van der Waals surface area contributed by atoms with E-state index in [2.05, 4.69) is 31.5 Å². The van der Waals surface area contributed by atoms with E-state index in [1.807, 2.05) is 84.6 Å². The predicted molar refractivity (Wildman–Crippen MR) is 161 cm³/mol. The minimum Gasteiger partial charge on any atom is -0.451 e. The van der Waals surface area contributed by atoms with E-state index in [-0.39, 0.29) is 16.8 Å². The van der Waals surface area contributed by atoms with Gasteiger partial charge in [-0.25, -0.2) is 0 Å². The fraction of sp³-hybridized carbons (Fsp3) is 0.167. The van der Waals surface area contributed by atoms with Gasteiger partial charge < -0.3 is 19.5 Å². The Morgan fingerprint density at radius 2 is 1.56 bits per heavy atom. The zero-order valence-electron chi connectivity index (χ0n) is 21.3. The molecule has 9 heteroatoms. The van der Waals surface area contributed by atoms with E-state index in [0.717, 1.165) is 45.6 Å². The van der Waals surface area contributed by atoms with Gasteiger partial charge in [-0.15, -0.1) is 0 Å². The molecule has 4 aromatic rings. The first-order valence-electron chi connectivity index (χ1n) is 12.6. The van der Waals surface area contributed by atoms with E-state index < -0.39 is 5.91 Å². The number of nitrogens with one attached hydrogen (secondary N) is 2. The van der Waals surface area contributed by atoms with Crippen LogP contribution in [0.4, 0.5) is 11.4 Å². The van der Waals surface area contributed by atoms with Gasteiger partial charge in [0.15, 0.2) is 10.9 Å². The summed E-state index contributed by atoms with van der Waals surface area (Å²) in [5.41, 5.74) is 4.46. The third-order valence-corrected chi connectivity index (χ3v) is 7.35. The van der Waals surface area contributed by atoms with Crippen molar-refractivity contribution in [3.05, 3.63) is 106 Å². The molecule has 0 bridgehead atoms. The molecule has 2 N–H and O–H groups in total. The first kappa shape index (κ1) is 26.6. The van der Waals surface area contributed by atoms with Gasteiger partial charge in [-0.1, -0.05) is 46.3 Å². The summed E-state index contributed by atoms with van der Waals surface area (Å²) in [4.78, 5) is 29.7. The number of anilines is 2. The highest BCUT2D eigenvalue weighted by Crippen LogP contribution is 2.24. The van der Waals surface area contributed by atoms with Crippen molar-refractivity contribution in [2.24, 2.45) is 0 Å². The number of thiocarbonyl (C=S) groups is 1. The summed E-state index contributed by atoms with van der Waals surface area (Å²) in [6, 6.07) is 26.6. The van der Waals surface area contributed by atoms with Gasteiger partial charge in [-0.2, -0.15) is 0 Å². The van der Waals surface area contributed by atoms with Crippen molar-refractivity contribution in [1.82, 2.24) is 10.2 Å². The third-order valence-electron chi connectivity index (χ3n) is 6.62. The van der Waals surface area contributed by atoms with Crippen LogP contribution in [0.2, 0.25) is 0 Å². The summed E-state index contributed by atoms with van der Waals surface area (Å²) in [6.45, 7) is 4.81. The molecule has 1 saturated heterocycles. The maximum Gasteiger partial charge on any atom is 0.293 e. The molecule has 1 aliphatic heterocycles. The zero-order valence-corrected chi connectivity index (χ0v) is 23.7. The molecule has 1 fully saturated rings. The number of nitrogens with zero attached hydrogens (tertiary/aromatic N) is 2. The third kappa shape index (κ3) is 6.38. The topological polar surface area (TPSA) is 77.8 Å². The number of benzene rings is 3. The van der Waals surface area contributed by atoms with Crippen LogP contribution < -0.4 is 15.5 Å². The SMILES string of the molecule is Cc1ccccc1C(=O)N1CCN(c2ccc(NC(=S)NC(=O)c3ccc(-c4ccc(Br)cc4)o3)cc2)CC1. The molecule has 0 saturated carbocycles. The van der Waals surface area contributed by atoms with Gasteiger partial charge in [0.1, 0.15) is 5.76 Å². The minimum atomic E-state index is -0.425. The molecule has 0 radical (unpaired) electrons. The van der Waals surface area contributed by atoms with Crippen molar-refractivity contribution in [2.75, 3.05) is 36.4 Å². The van der Waals surface area contributed by atoms with Crippen molar-refractivity contribution in [2.45, 2.75) is 6.92 Å². The van der Waals surface area contributed by atoms with Crippen LogP contribution in [0.25, 0.3) is 11.3 Å². The molecule has 2 heterocycles. The van der Waals surface area contributed by atoms with Crippen LogP contribution in [-0.2, 0) is 0 Å². The van der Waals surface area contributed by atoms with Crippen LogP contribution >= 0.6 is 28.1 Å². The fourth-order valence-corrected chi connectivity index (χ4v) is 4.94. The Labute approximate surface area is 240 Å². The Kier molecular flexibility index (Phi) is 8.09. The van der Waals surface area contributed by atoms with Crippen molar-refractivity contribution < 1.29 is 14.0 Å². The molecule has 7 nitrogen and oxygen atoms in total. The Balaban J connectivity index is 1.12. The molecule has 5 rings (SSSR count). The lowest BCUT2D eigenvalue weighted by Gasteiger charge is -2.36. The Bertz CT molecular complexity index is 1490. The van der Waals surface area contributed by atoms with Crippen LogP contribution in [0.1, 0.15) is 26.5 Å². The summed E-state index contributed by atoms with van der Waals surface area (Å²) >= 11 is 8.74. The molecular formula is C30H27BrN4O3S. The number of halogens is 1. The Morgan fingerprint density at radius 1 is 0.872 bits per heavy atom. The van der Waals surface area contributed by atoms with Crippen molar-refractivity contribution in [3.8, 4) is 11.3 Å². The summed E-state index contributed by atoms with van der Waals surface area (Å²) in [5, 5.41) is 5.88. The molecule has 0 unspecified atom stereocenters. The number of aryl methyl sites for hydroxylation is 1. The van der Waals surface area contributed by atoms with E-state index >= 15 is 0 Å². The van der Waals surface area contributed by atoms with Crippen molar-refractivity contribution in [3.63, 3.8) is 0 Å². The first-order chi connectivity index (χ1) is 18.9. The number of carbonyl (C=O) groups excluding carboxylic acids is 2. The second-order valence-electron chi connectivity index (χ2n) is 9.22. The van der Waals surface area contributed by atoms with Gasteiger partial charge in [0.2, 0.25) is 0 Å².